The van der Waals surface area contributed by atoms with Crippen molar-refractivity contribution in [2.45, 2.75) is 52.0 Å². The van der Waals surface area contributed by atoms with Crippen LogP contribution in [-0.2, 0) is 0 Å². The molecule has 6 nitrogen and oxygen atoms in total. The van der Waals surface area contributed by atoms with E-state index in [1.807, 2.05) is 24.3 Å². The molecule has 0 aliphatic heterocycles. The minimum absolute atomic E-state index is 0.223. The van der Waals surface area contributed by atoms with Crippen LogP contribution in [-0.4, -0.2) is 35.0 Å². The van der Waals surface area contributed by atoms with Gasteiger partial charge in [-0.15, -0.1) is 0 Å². The van der Waals surface area contributed by atoms with Crippen LogP contribution in [0.2, 0.25) is 0 Å². The Morgan fingerprint density at radius 3 is 2.44 bits per heavy atom. The van der Waals surface area contributed by atoms with Gasteiger partial charge in [-0.2, -0.15) is 0 Å². The third-order valence-corrected chi connectivity index (χ3v) is 5.08. The lowest BCUT2D eigenvalue weighted by molar-refractivity contribution is 0.102. The molecule has 1 aliphatic rings. The second-order valence-corrected chi connectivity index (χ2v) is 6.92. The van der Waals surface area contributed by atoms with E-state index in [0.29, 0.717) is 17.7 Å². The van der Waals surface area contributed by atoms with Crippen molar-refractivity contribution in [1.82, 2.24) is 9.97 Å². The number of nitrogens with zero attached hydrogens (tertiary/aromatic N) is 3. The van der Waals surface area contributed by atoms with E-state index in [1.165, 1.54) is 19.3 Å². The van der Waals surface area contributed by atoms with E-state index in [2.05, 4.69) is 39.3 Å². The quantitative estimate of drug-likeness (QED) is 0.763. The van der Waals surface area contributed by atoms with Crippen LogP contribution in [0.4, 0.5) is 17.3 Å². The van der Waals surface area contributed by atoms with Crippen LogP contribution in [0, 0.1) is 0 Å². The number of hydrogen-bond acceptors (Lipinski definition) is 5. The maximum Gasteiger partial charge on any atom is 0.274 e. The van der Waals surface area contributed by atoms with Crippen LogP contribution in [0.5, 0.6) is 0 Å². The van der Waals surface area contributed by atoms with Crippen LogP contribution in [0.25, 0.3) is 0 Å². The van der Waals surface area contributed by atoms with Crippen molar-refractivity contribution >= 4 is 23.2 Å². The van der Waals surface area contributed by atoms with E-state index in [-0.39, 0.29) is 5.91 Å². The molecule has 6 heteroatoms. The minimum Gasteiger partial charge on any atom is -0.372 e. The smallest absolute Gasteiger partial charge is 0.274 e. The van der Waals surface area contributed by atoms with Crippen molar-refractivity contribution in [3.05, 3.63) is 42.2 Å². The van der Waals surface area contributed by atoms with Gasteiger partial charge in [0.15, 0.2) is 0 Å². The van der Waals surface area contributed by atoms with Crippen molar-refractivity contribution in [3.63, 3.8) is 0 Å². The average Bonchev–Trinajstić information content (AvgIpc) is 2.71. The van der Waals surface area contributed by atoms with Gasteiger partial charge in [0.2, 0.25) is 5.95 Å². The molecule has 0 radical (unpaired) electrons. The Kier molecular flexibility index (Phi) is 6.63. The second kappa shape index (κ2) is 9.35. The fourth-order valence-corrected chi connectivity index (χ4v) is 3.52. The van der Waals surface area contributed by atoms with Gasteiger partial charge >= 0.3 is 0 Å². The molecular formula is C21H29N5O. The molecule has 27 heavy (non-hydrogen) atoms. The molecule has 0 saturated heterocycles. The molecule has 1 saturated carbocycles. The first kappa shape index (κ1) is 19.1. The number of benzene rings is 1. The van der Waals surface area contributed by atoms with Crippen molar-refractivity contribution in [1.29, 1.82) is 0 Å². The standard InChI is InChI=1S/C21H29N5O/c1-3-26(4-2)18-12-10-17(11-13-18)23-20(27)19-14-15-22-21(25-19)24-16-8-6-5-7-9-16/h10-16H,3-9H2,1-2H3,(H,23,27)(H,22,24,25). The molecular weight excluding hydrogens is 338 g/mol. The van der Waals surface area contributed by atoms with Crippen molar-refractivity contribution in [2.75, 3.05) is 28.6 Å². The number of aromatic nitrogens is 2. The highest BCUT2D eigenvalue weighted by Gasteiger charge is 2.15. The summed E-state index contributed by atoms with van der Waals surface area (Å²) in [5.74, 6) is 0.311. The average molecular weight is 367 g/mol. The predicted molar refractivity (Wildman–Crippen MR) is 110 cm³/mol. The summed E-state index contributed by atoms with van der Waals surface area (Å²) >= 11 is 0. The fraction of sp³-hybridized carbons (Fsp3) is 0.476. The Labute approximate surface area is 161 Å². The van der Waals surface area contributed by atoms with Crippen molar-refractivity contribution < 1.29 is 4.79 Å². The summed E-state index contributed by atoms with van der Waals surface area (Å²) in [5, 5.41) is 6.28. The van der Waals surface area contributed by atoms with Gasteiger partial charge in [-0.25, -0.2) is 9.97 Å². The molecule has 2 N–H and O–H groups in total. The molecule has 3 rings (SSSR count). The van der Waals surface area contributed by atoms with Gasteiger partial charge in [0, 0.05) is 36.7 Å². The molecule has 0 unspecified atom stereocenters. The summed E-state index contributed by atoms with van der Waals surface area (Å²) in [4.78, 5) is 23.5. The number of carbonyl (C=O) groups is 1. The maximum absolute atomic E-state index is 12.6. The van der Waals surface area contributed by atoms with Crippen LogP contribution < -0.4 is 15.5 Å². The summed E-state index contributed by atoms with van der Waals surface area (Å²) < 4.78 is 0. The van der Waals surface area contributed by atoms with E-state index in [0.717, 1.165) is 37.3 Å². The summed E-state index contributed by atoms with van der Waals surface area (Å²) in [6.45, 7) is 6.18. The van der Waals surface area contributed by atoms with Crippen molar-refractivity contribution in [2.24, 2.45) is 0 Å². The Morgan fingerprint density at radius 2 is 1.78 bits per heavy atom. The molecule has 1 aromatic carbocycles. The van der Waals surface area contributed by atoms with Crippen molar-refractivity contribution in [3.8, 4) is 0 Å². The number of rotatable bonds is 7. The second-order valence-electron chi connectivity index (χ2n) is 6.92. The van der Waals surface area contributed by atoms with Gasteiger partial charge < -0.3 is 15.5 Å². The molecule has 1 amide bonds. The molecule has 1 aliphatic carbocycles. The Bertz CT molecular complexity index is 736. The van der Waals surface area contributed by atoms with Gasteiger partial charge in [0.05, 0.1) is 0 Å². The molecule has 2 aromatic rings. The fourth-order valence-electron chi connectivity index (χ4n) is 3.52. The molecule has 1 heterocycles. The zero-order chi connectivity index (χ0) is 19.1. The summed E-state index contributed by atoms with van der Waals surface area (Å²) in [6.07, 6.45) is 7.69. The first-order chi connectivity index (χ1) is 13.2. The SMILES string of the molecule is CCN(CC)c1ccc(NC(=O)c2ccnc(NC3CCCCC3)n2)cc1. The van der Waals surface area contributed by atoms with Crippen LogP contribution in [0.1, 0.15) is 56.4 Å². The van der Waals surface area contributed by atoms with Crippen LogP contribution in [0.3, 0.4) is 0 Å². The molecule has 0 spiro atoms. The van der Waals surface area contributed by atoms with Crippen LogP contribution in [0.15, 0.2) is 36.5 Å². The van der Waals surface area contributed by atoms with Gasteiger partial charge in [-0.05, 0) is 57.0 Å². The molecule has 144 valence electrons. The highest BCUT2D eigenvalue weighted by molar-refractivity contribution is 6.03. The highest BCUT2D eigenvalue weighted by atomic mass is 16.1. The normalized spacial score (nSPS) is 14.6. The Morgan fingerprint density at radius 1 is 1.07 bits per heavy atom. The first-order valence-electron chi connectivity index (χ1n) is 9.95. The largest absolute Gasteiger partial charge is 0.372 e. The van der Waals surface area contributed by atoms with Gasteiger partial charge in [-0.1, -0.05) is 19.3 Å². The zero-order valence-corrected chi connectivity index (χ0v) is 16.2. The molecule has 1 aromatic heterocycles. The number of carbonyl (C=O) groups excluding carboxylic acids is 1. The summed E-state index contributed by atoms with van der Waals surface area (Å²) in [5.41, 5.74) is 2.28. The van der Waals surface area contributed by atoms with Crippen LogP contribution >= 0.6 is 0 Å². The zero-order valence-electron chi connectivity index (χ0n) is 16.2. The topological polar surface area (TPSA) is 70.2 Å². The lowest BCUT2D eigenvalue weighted by Gasteiger charge is -2.22. The summed E-state index contributed by atoms with van der Waals surface area (Å²) in [7, 11) is 0. The lowest BCUT2D eigenvalue weighted by Crippen LogP contribution is -2.24. The predicted octanol–water partition coefficient (Wildman–Crippen LogP) is 4.32. The minimum atomic E-state index is -0.223. The lowest BCUT2D eigenvalue weighted by atomic mass is 9.96. The monoisotopic (exact) mass is 367 g/mol. The Balaban J connectivity index is 1.62. The third-order valence-electron chi connectivity index (χ3n) is 5.08. The number of nitrogens with one attached hydrogen (secondary N) is 2. The maximum atomic E-state index is 12.6. The van der Waals surface area contributed by atoms with E-state index < -0.39 is 0 Å². The number of hydrogen-bond donors (Lipinski definition) is 2. The van der Waals surface area contributed by atoms with E-state index in [9.17, 15) is 4.79 Å². The molecule has 0 atom stereocenters. The van der Waals surface area contributed by atoms with Gasteiger partial charge in [-0.3, -0.25) is 4.79 Å². The highest BCUT2D eigenvalue weighted by Crippen LogP contribution is 2.21. The molecule has 1 fully saturated rings. The molecule has 0 bridgehead atoms. The van der Waals surface area contributed by atoms with E-state index >= 15 is 0 Å². The van der Waals surface area contributed by atoms with Gasteiger partial charge in [0.1, 0.15) is 5.69 Å². The summed E-state index contributed by atoms with van der Waals surface area (Å²) in [6, 6.07) is 9.95. The third kappa shape index (κ3) is 5.18. The first-order valence-corrected chi connectivity index (χ1v) is 9.95. The van der Waals surface area contributed by atoms with Gasteiger partial charge in [0.25, 0.3) is 5.91 Å². The number of anilines is 3. The Hall–Kier alpha value is -2.63. The van der Waals surface area contributed by atoms with E-state index in [4.69, 9.17) is 0 Å². The number of amides is 1. The van der Waals surface area contributed by atoms with E-state index in [1.54, 1.807) is 12.3 Å².